The summed E-state index contributed by atoms with van der Waals surface area (Å²) in [6.45, 7) is 7.87. The summed E-state index contributed by atoms with van der Waals surface area (Å²) in [6, 6.07) is 3.86. The zero-order chi connectivity index (χ0) is 13.3. The maximum atomic E-state index is 5.63. The Bertz CT molecular complexity index is 349. The van der Waals surface area contributed by atoms with E-state index in [2.05, 4.69) is 27.3 Å². The molecule has 1 fully saturated rings. The fourth-order valence-corrected chi connectivity index (χ4v) is 2.23. The largest absolute Gasteiger partial charge is 0.475 e. The molecule has 0 aliphatic carbocycles. The molecule has 1 aliphatic rings. The highest BCUT2D eigenvalue weighted by Crippen LogP contribution is 2.09. The van der Waals surface area contributed by atoms with Crippen LogP contribution in [0.3, 0.4) is 0 Å². The Balaban J connectivity index is 1.67. The second-order valence-corrected chi connectivity index (χ2v) is 4.89. The van der Waals surface area contributed by atoms with Crippen LogP contribution in [0.1, 0.15) is 31.9 Å². The summed E-state index contributed by atoms with van der Waals surface area (Å²) >= 11 is 0. The lowest BCUT2D eigenvalue weighted by Gasteiger charge is -2.25. The van der Waals surface area contributed by atoms with Crippen LogP contribution in [0.5, 0.6) is 5.88 Å². The Morgan fingerprint density at radius 1 is 1.21 bits per heavy atom. The molecule has 5 heteroatoms. The average molecular weight is 264 g/mol. The quantitative estimate of drug-likeness (QED) is 0.808. The highest BCUT2D eigenvalue weighted by molar-refractivity contribution is 5.11. The number of aromatic nitrogens is 2. The van der Waals surface area contributed by atoms with E-state index in [-0.39, 0.29) is 0 Å². The normalized spacial score (nSPS) is 16.5. The Morgan fingerprint density at radius 2 is 2.05 bits per heavy atom. The van der Waals surface area contributed by atoms with Gasteiger partial charge in [0.2, 0.25) is 5.88 Å². The molecule has 1 saturated heterocycles. The molecule has 1 aromatic heterocycles. The van der Waals surface area contributed by atoms with Crippen LogP contribution in [0.2, 0.25) is 0 Å². The molecule has 19 heavy (non-hydrogen) atoms. The van der Waals surface area contributed by atoms with Crippen LogP contribution in [-0.4, -0.2) is 47.9 Å². The second kappa shape index (κ2) is 8.07. The van der Waals surface area contributed by atoms with Crippen LogP contribution in [0, 0.1) is 0 Å². The zero-order valence-corrected chi connectivity index (χ0v) is 11.8. The smallest absolute Gasteiger partial charge is 0.233 e. The van der Waals surface area contributed by atoms with Crippen molar-refractivity contribution in [2.45, 2.75) is 32.7 Å². The molecule has 106 valence electrons. The topological polar surface area (TPSA) is 50.3 Å². The minimum absolute atomic E-state index is 0.622. The lowest BCUT2D eigenvalue weighted by Crippen LogP contribution is -2.33. The van der Waals surface area contributed by atoms with Gasteiger partial charge in [0.05, 0.1) is 5.69 Å². The fourth-order valence-electron chi connectivity index (χ4n) is 2.23. The number of hydrogen-bond donors (Lipinski definition) is 1. The van der Waals surface area contributed by atoms with Gasteiger partial charge in [-0.25, -0.2) is 0 Å². The van der Waals surface area contributed by atoms with Gasteiger partial charge >= 0.3 is 0 Å². The van der Waals surface area contributed by atoms with E-state index in [9.17, 15) is 0 Å². The maximum Gasteiger partial charge on any atom is 0.233 e. The van der Waals surface area contributed by atoms with Crippen LogP contribution in [-0.2, 0) is 6.54 Å². The van der Waals surface area contributed by atoms with Gasteiger partial charge in [0.25, 0.3) is 0 Å². The molecule has 2 rings (SSSR count). The summed E-state index contributed by atoms with van der Waals surface area (Å²) in [6.07, 6.45) is 4.01. The van der Waals surface area contributed by atoms with Crippen molar-refractivity contribution < 1.29 is 4.74 Å². The van der Waals surface area contributed by atoms with Crippen molar-refractivity contribution in [2.24, 2.45) is 0 Å². The molecular weight excluding hydrogens is 240 g/mol. The van der Waals surface area contributed by atoms with Gasteiger partial charge < -0.3 is 10.1 Å². The molecule has 0 amide bonds. The van der Waals surface area contributed by atoms with Gasteiger partial charge in [-0.2, -0.15) is 5.10 Å². The van der Waals surface area contributed by atoms with Crippen LogP contribution < -0.4 is 10.1 Å². The molecular formula is C14H24N4O. The third-order valence-corrected chi connectivity index (χ3v) is 3.36. The Morgan fingerprint density at radius 3 is 2.74 bits per heavy atom. The third kappa shape index (κ3) is 5.12. The van der Waals surface area contributed by atoms with Crippen LogP contribution >= 0.6 is 0 Å². The van der Waals surface area contributed by atoms with E-state index in [1.54, 1.807) is 0 Å². The predicted molar refractivity (Wildman–Crippen MR) is 75.2 cm³/mol. The number of nitrogens with one attached hydrogen (secondary N) is 1. The average Bonchev–Trinajstić information content (AvgIpc) is 2.47. The molecule has 2 heterocycles. The predicted octanol–water partition coefficient (Wildman–Crippen LogP) is 1.45. The van der Waals surface area contributed by atoms with Gasteiger partial charge in [-0.15, -0.1) is 5.10 Å². The van der Waals surface area contributed by atoms with Crippen molar-refractivity contribution in [2.75, 3.05) is 32.8 Å². The van der Waals surface area contributed by atoms with E-state index in [0.29, 0.717) is 12.5 Å². The molecule has 0 bridgehead atoms. The first-order chi connectivity index (χ1) is 9.38. The minimum atomic E-state index is 0.622. The molecule has 0 atom stereocenters. The summed E-state index contributed by atoms with van der Waals surface area (Å²) in [5, 5.41) is 11.4. The number of piperidine rings is 1. The molecule has 0 radical (unpaired) electrons. The van der Waals surface area contributed by atoms with Crippen LogP contribution in [0.4, 0.5) is 0 Å². The van der Waals surface area contributed by atoms with E-state index in [4.69, 9.17) is 4.74 Å². The van der Waals surface area contributed by atoms with Crippen molar-refractivity contribution in [3.05, 3.63) is 17.8 Å². The molecule has 5 nitrogen and oxygen atoms in total. The molecule has 1 N–H and O–H groups in total. The summed E-state index contributed by atoms with van der Waals surface area (Å²) in [7, 11) is 0. The van der Waals surface area contributed by atoms with Gasteiger partial charge in [-0.1, -0.05) is 13.3 Å². The van der Waals surface area contributed by atoms with Crippen molar-refractivity contribution >= 4 is 0 Å². The molecule has 1 aromatic rings. The standard InChI is InChI=1S/C14H24N4O/c1-2-15-12-13-6-7-14(17-16-13)19-11-10-18-8-4-3-5-9-18/h6-7,15H,2-5,8-12H2,1H3. The SMILES string of the molecule is CCNCc1ccc(OCCN2CCCCC2)nn1. The molecule has 0 unspecified atom stereocenters. The number of ether oxygens (including phenoxy) is 1. The van der Waals surface area contributed by atoms with Gasteiger partial charge in [0.1, 0.15) is 6.61 Å². The van der Waals surface area contributed by atoms with Crippen molar-refractivity contribution in [1.82, 2.24) is 20.4 Å². The van der Waals surface area contributed by atoms with Crippen LogP contribution in [0.15, 0.2) is 12.1 Å². The van der Waals surface area contributed by atoms with Crippen molar-refractivity contribution in [1.29, 1.82) is 0 Å². The Hall–Kier alpha value is -1.20. The first kappa shape index (κ1) is 14.2. The lowest BCUT2D eigenvalue weighted by atomic mass is 10.1. The van der Waals surface area contributed by atoms with Gasteiger partial charge in [-0.05, 0) is 38.5 Å². The van der Waals surface area contributed by atoms with Gasteiger partial charge in [0.15, 0.2) is 0 Å². The Labute approximate surface area is 115 Å². The summed E-state index contributed by atoms with van der Waals surface area (Å²) < 4.78 is 5.63. The van der Waals surface area contributed by atoms with E-state index in [1.165, 1.54) is 32.4 Å². The first-order valence-corrected chi connectivity index (χ1v) is 7.27. The van der Waals surface area contributed by atoms with E-state index in [0.717, 1.165) is 25.3 Å². The number of nitrogens with zero attached hydrogens (tertiary/aromatic N) is 3. The lowest BCUT2D eigenvalue weighted by molar-refractivity contribution is 0.179. The number of hydrogen-bond acceptors (Lipinski definition) is 5. The molecule has 0 aromatic carbocycles. The van der Waals surface area contributed by atoms with Gasteiger partial charge in [0, 0.05) is 19.2 Å². The molecule has 1 aliphatic heterocycles. The number of rotatable bonds is 7. The summed E-state index contributed by atoms with van der Waals surface area (Å²) in [5.41, 5.74) is 0.949. The molecule has 0 saturated carbocycles. The van der Waals surface area contributed by atoms with Crippen molar-refractivity contribution in [3.8, 4) is 5.88 Å². The van der Waals surface area contributed by atoms with Gasteiger partial charge in [-0.3, -0.25) is 4.90 Å². The fraction of sp³-hybridized carbons (Fsp3) is 0.714. The monoisotopic (exact) mass is 264 g/mol. The van der Waals surface area contributed by atoms with E-state index >= 15 is 0 Å². The zero-order valence-electron chi connectivity index (χ0n) is 11.8. The highest BCUT2D eigenvalue weighted by atomic mass is 16.5. The minimum Gasteiger partial charge on any atom is -0.475 e. The Kier molecular flexibility index (Phi) is 6.04. The maximum absolute atomic E-state index is 5.63. The second-order valence-electron chi connectivity index (χ2n) is 4.89. The van der Waals surface area contributed by atoms with Crippen LogP contribution in [0.25, 0.3) is 0 Å². The number of likely N-dealkylation sites (tertiary alicyclic amines) is 1. The summed E-state index contributed by atoms with van der Waals surface area (Å²) in [4.78, 5) is 2.45. The van der Waals surface area contributed by atoms with Crippen molar-refractivity contribution in [3.63, 3.8) is 0 Å². The highest BCUT2D eigenvalue weighted by Gasteiger charge is 2.09. The third-order valence-electron chi connectivity index (χ3n) is 3.36. The van der Waals surface area contributed by atoms with E-state index < -0.39 is 0 Å². The molecule has 0 spiro atoms. The van der Waals surface area contributed by atoms with E-state index in [1.807, 2.05) is 12.1 Å². The summed E-state index contributed by atoms with van der Waals surface area (Å²) in [5.74, 6) is 0.622. The first-order valence-electron chi connectivity index (χ1n) is 7.27.